The highest BCUT2D eigenvalue weighted by Gasteiger charge is 2.13. The Bertz CT molecular complexity index is 346. The Morgan fingerprint density at radius 1 is 1.38 bits per heavy atom. The van der Waals surface area contributed by atoms with E-state index in [0.717, 1.165) is 4.47 Å². The van der Waals surface area contributed by atoms with Gasteiger partial charge in [-0.1, -0.05) is 15.9 Å². The van der Waals surface area contributed by atoms with Crippen LogP contribution in [-0.2, 0) is 4.74 Å². The molecule has 0 fully saturated rings. The molecule has 0 heterocycles. The van der Waals surface area contributed by atoms with Crippen molar-refractivity contribution in [1.82, 2.24) is 0 Å². The van der Waals surface area contributed by atoms with Crippen LogP contribution >= 0.6 is 15.9 Å². The summed E-state index contributed by atoms with van der Waals surface area (Å²) in [6.07, 6.45) is -0.300. The highest BCUT2D eigenvalue weighted by molar-refractivity contribution is 9.10. The molecule has 0 aliphatic carbocycles. The van der Waals surface area contributed by atoms with E-state index in [1.165, 1.54) is 0 Å². The molecule has 0 spiro atoms. The molecule has 0 radical (unpaired) electrons. The normalized spacial score (nSPS) is 14.2. The first-order chi connectivity index (χ1) is 7.49. The highest BCUT2D eigenvalue weighted by Crippen LogP contribution is 2.12. The van der Waals surface area contributed by atoms with Crippen molar-refractivity contribution in [3.05, 3.63) is 34.3 Å². The molecule has 0 aromatic heterocycles. The lowest BCUT2D eigenvalue weighted by atomic mass is 10.2. The maximum atomic E-state index is 11.6. The number of carbonyl (C=O) groups is 1. The molecule has 88 valence electrons. The summed E-state index contributed by atoms with van der Waals surface area (Å²) < 4.78 is 6.09. The van der Waals surface area contributed by atoms with Crippen molar-refractivity contribution >= 4 is 21.9 Å². The largest absolute Gasteiger partial charge is 0.459 e. The van der Waals surface area contributed by atoms with Crippen molar-refractivity contribution in [2.75, 3.05) is 0 Å². The van der Waals surface area contributed by atoms with E-state index in [2.05, 4.69) is 15.9 Å². The highest BCUT2D eigenvalue weighted by atomic mass is 79.9. The molecule has 0 aliphatic rings. The van der Waals surface area contributed by atoms with Gasteiger partial charge in [-0.05, 0) is 38.1 Å². The van der Waals surface area contributed by atoms with Gasteiger partial charge in [0.25, 0.3) is 0 Å². The van der Waals surface area contributed by atoms with Gasteiger partial charge in [-0.3, -0.25) is 0 Å². The van der Waals surface area contributed by atoms with Gasteiger partial charge in [-0.2, -0.15) is 0 Å². The van der Waals surface area contributed by atoms with Crippen LogP contribution in [0.2, 0.25) is 0 Å². The zero-order chi connectivity index (χ0) is 12.1. The quantitative estimate of drug-likeness (QED) is 0.866. The first-order valence-corrected chi connectivity index (χ1v) is 5.93. The number of benzene rings is 1. The van der Waals surface area contributed by atoms with Crippen molar-refractivity contribution in [3.8, 4) is 0 Å². The van der Waals surface area contributed by atoms with Gasteiger partial charge in [0.2, 0.25) is 0 Å². The van der Waals surface area contributed by atoms with Gasteiger partial charge in [-0.15, -0.1) is 0 Å². The lowest BCUT2D eigenvalue weighted by Crippen LogP contribution is -2.19. The van der Waals surface area contributed by atoms with Crippen molar-refractivity contribution in [2.24, 2.45) is 0 Å². The molecule has 0 bridgehead atoms. The lowest BCUT2D eigenvalue weighted by Gasteiger charge is -2.14. The number of carbonyl (C=O) groups excluding carboxylic acids is 1. The molecule has 2 atom stereocenters. The molecule has 1 aromatic carbocycles. The number of esters is 1. The van der Waals surface area contributed by atoms with Gasteiger partial charge in [0.15, 0.2) is 0 Å². The van der Waals surface area contributed by atoms with Crippen LogP contribution in [0.25, 0.3) is 0 Å². The van der Waals surface area contributed by atoms with Gasteiger partial charge in [0.1, 0.15) is 6.10 Å². The predicted molar refractivity (Wildman–Crippen MR) is 65.3 cm³/mol. The maximum absolute atomic E-state index is 11.6. The van der Waals surface area contributed by atoms with Crippen LogP contribution in [0.4, 0.5) is 0 Å². The van der Waals surface area contributed by atoms with Gasteiger partial charge in [0.05, 0.1) is 11.7 Å². The summed E-state index contributed by atoms with van der Waals surface area (Å²) in [4.78, 5) is 11.6. The summed E-state index contributed by atoms with van der Waals surface area (Å²) in [5.74, 6) is -0.361. The molecular weight excluding hydrogens is 272 g/mol. The van der Waals surface area contributed by atoms with E-state index in [9.17, 15) is 4.79 Å². The summed E-state index contributed by atoms with van der Waals surface area (Å²) in [6, 6.07) is 6.97. The third-order valence-electron chi connectivity index (χ3n) is 2.06. The Hall–Kier alpha value is -0.870. The Kier molecular flexibility index (Phi) is 4.96. The average Bonchev–Trinajstić information content (AvgIpc) is 2.16. The number of aliphatic hydroxyl groups excluding tert-OH is 1. The zero-order valence-corrected chi connectivity index (χ0v) is 10.9. The monoisotopic (exact) mass is 286 g/mol. The zero-order valence-electron chi connectivity index (χ0n) is 9.31. The average molecular weight is 287 g/mol. The third-order valence-corrected chi connectivity index (χ3v) is 2.59. The van der Waals surface area contributed by atoms with Crippen molar-refractivity contribution in [3.63, 3.8) is 0 Å². The maximum Gasteiger partial charge on any atom is 0.338 e. The molecule has 0 amide bonds. The van der Waals surface area contributed by atoms with E-state index >= 15 is 0 Å². The minimum Gasteiger partial charge on any atom is -0.459 e. The fraction of sp³-hybridized carbons (Fsp3) is 0.417. The van der Waals surface area contributed by atoms with Crippen LogP contribution < -0.4 is 0 Å². The Labute approximate surface area is 104 Å². The van der Waals surface area contributed by atoms with Gasteiger partial charge < -0.3 is 9.84 Å². The summed E-state index contributed by atoms with van der Waals surface area (Å²) in [5, 5.41) is 9.15. The van der Waals surface area contributed by atoms with Crippen LogP contribution in [-0.4, -0.2) is 23.3 Å². The standard InChI is InChI=1S/C12H15BrO3/c1-8(14)7-9(2)16-12(15)10-3-5-11(13)6-4-10/h3-6,8-9,14H,7H2,1-2H3. The predicted octanol–water partition coefficient (Wildman–Crippen LogP) is 2.77. The molecular formula is C12H15BrO3. The Balaban J connectivity index is 2.55. The molecule has 1 aromatic rings. The second-order valence-corrected chi connectivity index (χ2v) is 4.72. The number of rotatable bonds is 4. The van der Waals surface area contributed by atoms with Gasteiger partial charge >= 0.3 is 5.97 Å². The van der Waals surface area contributed by atoms with Crippen molar-refractivity contribution < 1.29 is 14.6 Å². The minimum atomic E-state index is -0.465. The first-order valence-electron chi connectivity index (χ1n) is 5.13. The Morgan fingerprint density at radius 2 is 1.94 bits per heavy atom. The van der Waals surface area contributed by atoms with Gasteiger partial charge in [0, 0.05) is 10.9 Å². The van der Waals surface area contributed by atoms with E-state index in [4.69, 9.17) is 9.84 Å². The number of ether oxygens (including phenoxy) is 1. The van der Waals surface area contributed by atoms with E-state index in [1.807, 2.05) is 0 Å². The number of hydrogen-bond donors (Lipinski definition) is 1. The van der Waals surface area contributed by atoms with Crippen LogP contribution in [0.1, 0.15) is 30.6 Å². The molecule has 4 heteroatoms. The second-order valence-electron chi connectivity index (χ2n) is 3.81. The molecule has 1 rings (SSSR count). The topological polar surface area (TPSA) is 46.5 Å². The van der Waals surface area contributed by atoms with Crippen LogP contribution in [0.15, 0.2) is 28.7 Å². The molecule has 0 saturated carbocycles. The molecule has 3 nitrogen and oxygen atoms in total. The number of halogens is 1. The van der Waals surface area contributed by atoms with Crippen LogP contribution in [0.5, 0.6) is 0 Å². The Morgan fingerprint density at radius 3 is 2.44 bits per heavy atom. The van der Waals surface area contributed by atoms with E-state index in [0.29, 0.717) is 12.0 Å². The van der Waals surface area contributed by atoms with Crippen molar-refractivity contribution in [1.29, 1.82) is 0 Å². The summed E-state index contributed by atoms with van der Waals surface area (Å²) in [5.41, 5.74) is 0.514. The second kappa shape index (κ2) is 6.01. The minimum absolute atomic E-state index is 0.281. The fourth-order valence-electron chi connectivity index (χ4n) is 1.37. The van der Waals surface area contributed by atoms with Gasteiger partial charge in [-0.25, -0.2) is 4.79 Å². The van der Waals surface area contributed by atoms with Crippen LogP contribution in [0, 0.1) is 0 Å². The SMILES string of the molecule is CC(O)CC(C)OC(=O)c1ccc(Br)cc1. The first kappa shape index (κ1) is 13.2. The molecule has 16 heavy (non-hydrogen) atoms. The summed E-state index contributed by atoms with van der Waals surface area (Å²) in [6.45, 7) is 3.44. The van der Waals surface area contributed by atoms with E-state index in [1.54, 1.807) is 38.1 Å². The van der Waals surface area contributed by atoms with Crippen LogP contribution in [0.3, 0.4) is 0 Å². The van der Waals surface area contributed by atoms with E-state index in [-0.39, 0.29) is 12.1 Å². The lowest BCUT2D eigenvalue weighted by molar-refractivity contribution is 0.0222. The number of aliphatic hydroxyl groups is 1. The molecule has 0 aliphatic heterocycles. The fourth-order valence-corrected chi connectivity index (χ4v) is 1.63. The molecule has 1 N–H and O–H groups in total. The smallest absolute Gasteiger partial charge is 0.338 e. The summed E-state index contributed by atoms with van der Waals surface area (Å²) in [7, 11) is 0. The van der Waals surface area contributed by atoms with Crippen molar-refractivity contribution in [2.45, 2.75) is 32.5 Å². The summed E-state index contributed by atoms with van der Waals surface area (Å²) >= 11 is 3.29. The number of hydrogen-bond acceptors (Lipinski definition) is 3. The van der Waals surface area contributed by atoms with E-state index < -0.39 is 6.10 Å². The molecule has 0 saturated heterocycles. The third kappa shape index (κ3) is 4.33. The molecule has 2 unspecified atom stereocenters.